The highest BCUT2D eigenvalue weighted by molar-refractivity contribution is 6.30. The standard InChI is InChI=1S/C11H11ClO/c12-10-3-1-2-8(6-10)9-4-5-11(13)7-9/h1-3,6,9H,4-5,7H2/t9-/m0/s1. The van der Waals surface area contributed by atoms with Crippen LogP contribution in [0.3, 0.4) is 0 Å². The molecule has 0 bridgehead atoms. The molecule has 2 heteroatoms. The van der Waals surface area contributed by atoms with E-state index in [1.54, 1.807) is 0 Å². The zero-order chi connectivity index (χ0) is 9.26. The Labute approximate surface area is 82.7 Å². The molecule has 1 saturated carbocycles. The molecule has 1 fully saturated rings. The highest BCUT2D eigenvalue weighted by Crippen LogP contribution is 2.32. The lowest BCUT2D eigenvalue weighted by atomic mass is 9.98. The summed E-state index contributed by atoms with van der Waals surface area (Å²) in [6.07, 6.45) is 2.41. The molecule has 1 atom stereocenters. The van der Waals surface area contributed by atoms with Gasteiger partial charge in [-0.05, 0) is 30.0 Å². The van der Waals surface area contributed by atoms with Crippen LogP contribution in [0.1, 0.15) is 30.7 Å². The highest BCUT2D eigenvalue weighted by Gasteiger charge is 2.23. The molecule has 0 amide bonds. The Bertz CT molecular complexity index is 333. The molecule has 0 spiro atoms. The van der Waals surface area contributed by atoms with Gasteiger partial charge in [-0.15, -0.1) is 0 Å². The maximum atomic E-state index is 11.1. The quantitative estimate of drug-likeness (QED) is 0.671. The van der Waals surface area contributed by atoms with Crippen LogP contribution in [0.4, 0.5) is 0 Å². The van der Waals surface area contributed by atoms with Gasteiger partial charge in [0, 0.05) is 17.9 Å². The van der Waals surface area contributed by atoms with Gasteiger partial charge in [-0.25, -0.2) is 0 Å². The summed E-state index contributed by atoms with van der Waals surface area (Å²) in [5.41, 5.74) is 1.21. The lowest BCUT2D eigenvalue weighted by Gasteiger charge is -2.07. The molecule has 0 aromatic heterocycles. The summed E-state index contributed by atoms with van der Waals surface area (Å²) in [6.45, 7) is 0. The number of benzene rings is 1. The van der Waals surface area contributed by atoms with Crippen LogP contribution in [-0.2, 0) is 4.79 Å². The van der Waals surface area contributed by atoms with Crippen LogP contribution < -0.4 is 0 Å². The van der Waals surface area contributed by atoms with Crippen molar-refractivity contribution in [2.24, 2.45) is 0 Å². The smallest absolute Gasteiger partial charge is 0.133 e. The van der Waals surface area contributed by atoms with E-state index in [2.05, 4.69) is 6.07 Å². The summed E-state index contributed by atoms with van der Waals surface area (Å²) in [4.78, 5) is 11.1. The first-order chi connectivity index (χ1) is 6.25. The zero-order valence-electron chi connectivity index (χ0n) is 7.29. The van der Waals surface area contributed by atoms with Gasteiger partial charge in [-0.3, -0.25) is 4.79 Å². The highest BCUT2D eigenvalue weighted by atomic mass is 35.5. The van der Waals surface area contributed by atoms with Crippen LogP contribution >= 0.6 is 11.6 Å². The maximum absolute atomic E-state index is 11.1. The van der Waals surface area contributed by atoms with Gasteiger partial charge in [-0.2, -0.15) is 0 Å². The average molecular weight is 195 g/mol. The molecule has 68 valence electrons. The molecule has 0 heterocycles. The van der Waals surface area contributed by atoms with Gasteiger partial charge in [0.15, 0.2) is 0 Å². The number of hydrogen-bond donors (Lipinski definition) is 0. The van der Waals surface area contributed by atoms with E-state index in [4.69, 9.17) is 11.6 Å². The van der Waals surface area contributed by atoms with Crippen molar-refractivity contribution in [2.45, 2.75) is 25.2 Å². The molecule has 1 aliphatic rings. The summed E-state index contributed by atoms with van der Waals surface area (Å²) < 4.78 is 0. The molecule has 1 aromatic carbocycles. The molecule has 0 unspecified atom stereocenters. The predicted octanol–water partition coefficient (Wildman–Crippen LogP) is 3.18. The van der Waals surface area contributed by atoms with Gasteiger partial charge in [0.25, 0.3) is 0 Å². The number of halogens is 1. The van der Waals surface area contributed by atoms with Crippen molar-refractivity contribution in [2.75, 3.05) is 0 Å². The van der Waals surface area contributed by atoms with Crippen molar-refractivity contribution in [1.29, 1.82) is 0 Å². The van der Waals surface area contributed by atoms with Crippen molar-refractivity contribution in [3.8, 4) is 0 Å². The van der Waals surface area contributed by atoms with Crippen LogP contribution in [0.2, 0.25) is 5.02 Å². The van der Waals surface area contributed by atoms with E-state index < -0.39 is 0 Å². The molecular weight excluding hydrogens is 184 g/mol. The number of Topliss-reactive ketones (excluding diaryl/α,β-unsaturated/α-hetero) is 1. The predicted molar refractivity (Wildman–Crippen MR) is 53.1 cm³/mol. The summed E-state index contributed by atoms with van der Waals surface area (Å²) in [7, 11) is 0. The molecule has 13 heavy (non-hydrogen) atoms. The second-order valence-corrected chi connectivity index (χ2v) is 3.97. The molecule has 1 aliphatic carbocycles. The van der Waals surface area contributed by atoms with E-state index >= 15 is 0 Å². The largest absolute Gasteiger partial charge is 0.300 e. The summed E-state index contributed by atoms with van der Waals surface area (Å²) >= 11 is 5.87. The van der Waals surface area contributed by atoms with Gasteiger partial charge in [0.2, 0.25) is 0 Å². The van der Waals surface area contributed by atoms with Crippen molar-refractivity contribution in [3.05, 3.63) is 34.9 Å². The molecular formula is C11H11ClO. The first kappa shape index (κ1) is 8.76. The Kier molecular flexibility index (Phi) is 2.36. The van der Waals surface area contributed by atoms with Crippen molar-refractivity contribution in [3.63, 3.8) is 0 Å². The topological polar surface area (TPSA) is 17.1 Å². The molecule has 0 saturated heterocycles. The SMILES string of the molecule is O=C1CC[C@H](c2cccc(Cl)c2)C1. The van der Waals surface area contributed by atoms with Crippen LogP contribution in [0.5, 0.6) is 0 Å². The lowest BCUT2D eigenvalue weighted by Crippen LogP contribution is -1.93. The number of hydrogen-bond acceptors (Lipinski definition) is 1. The van der Waals surface area contributed by atoms with Crippen molar-refractivity contribution >= 4 is 17.4 Å². The maximum Gasteiger partial charge on any atom is 0.133 e. The Morgan fingerprint density at radius 1 is 1.38 bits per heavy atom. The fourth-order valence-electron chi connectivity index (χ4n) is 1.86. The van der Waals surface area contributed by atoms with E-state index in [9.17, 15) is 4.79 Å². The third-order valence-electron chi connectivity index (χ3n) is 2.57. The Morgan fingerprint density at radius 2 is 2.23 bits per heavy atom. The van der Waals surface area contributed by atoms with Crippen LogP contribution in [0.15, 0.2) is 24.3 Å². The van der Waals surface area contributed by atoms with Gasteiger partial charge < -0.3 is 0 Å². The number of ketones is 1. The van der Waals surface area contributed by atoms with Crippen molar-refractivity contribution < 1.29 is 4.79 Å². The Morgan fingerprint density at radius 3 is 2.85 bits per heavy atom. The molecule has 0 radical (unpaired) electrons. The van der Waals surface area contributed by atoms with Gasteiger partial charge in [0.1, 0.15) is 5.78 Å². The van der Waals surface area contributed by atoms with E-state index in [1.165, 1.54) is 5.56 Å². The van der Waals surface area contributed by atoms with Crippen LogP contribution in [-0.4, -0.2) is 5.78 Å². The first-order valence-corrected chi connectivity index (χ1v) is 4.90. The van der Waals surface area contributed by atoms with Crippen LogP contribution in [0.25, 0.3) is 0 Å². The first-order valence-electron chi connectivity index (χ1n) is 4.53. The van der Waals surface area contributed by atoms with Gasteiger partial charge >= 0.3 is 0 Å². The van der Waals surface area contributed by atoms with Crippen LogP contribution in [0, 0.1) is 0 Å². The average Bonchev–Trinajstić information content (AvgIpc) is 2.52. The van der Waals surface area contributed by atoms with E-state index in [0.29, 0.717) is 18.1 Å². The minimum atomic E-state index is 0.380. The Hall–Kier alpha value is -0.820. The molecule has 2 rings (SSSR count). The molecule has 0 aliphatic heterocycles. The van der Waals surface area contributed by atoms with Gasteiger partial charge in [-0.1, -0.05) is 23.7 Å². The third kappa shape index (κ3) is 1.92. The second-order valence-electron chi connectivity index (χ2n) is 3.53. The number of carbonyl (C=O) groups excluding carboxylic acids is 1. The summed E-state index contributed by atoms with van der Waals surface area (Å²) in [6, 6.07) is 7.82. The molecule has 1 aromatic rings. The lowest BCUT2D eigenvalue weighted by molar-refractivity contribution is -0.117. The minimum Gasteiger partial charge on any atom is -0.300 e. The van der Waals surface area contributed by atoms with E-state index in [-0.39, 0.29) is 0 Å². The normalized spacial score (nSPS) is 22.2. The zero-order valence-corrected chi connectivity index (χ0v) is 8.05. The van der Waals surface area contributed by atoms with Gasteiger partial charge in [0.05, 0.1) is 0 Å². The van der Waals surface area contributed by atoms with Crippen molar-refractivity contribution in [1.82, 2.24) is 0 Å². The molecule has 0 N–H and O–H groups in total. The minimum absolute atomic E-state index is 0.380. The van der Waals surface area contributed by atoms with E-state index in [1.807, 2.05) is 18.2 Å². The fraction of sp³-hybridized carbons (Fsp3) is 0.364. The second kappa shape index (κ2) is 3.51. The summed E-state index contributed by atoms with van der Waals surface area (Å²) in [5, 5.41) is 0.761. The van der Waals surface area contributed by atoms with E-state index in [0.717, 1.165) is 17.9 Å². The Balaban J connectivity index is 2.21. The number of rotatable bonds is 1. The monoisotopic (exact) mass is 194 g/mol. The molecule has 1 nitrogen and oxygen atoms in total. The number of carbonyl (C=O) groups is 1. The summed E-state index contributed by atoms with van der Waals surface area (Å²) in [5.74, 6) is 0.788. The third-order valence-corrected chi connectivity index (χ3v) is 2.80. The fourth-order valence-corrected chi connectivity index (χ4v) is 2.06.